The van der Waals surface area contributed by atoms with Crippen LogP contribution in [0, 0.1) is 17.6 Å². The first-order valence-corrected chi connectivity index (χ1v) is 9.42. The first-order valence-electron chi connectivity index (χ1n) is 9.42. The summed E-state index contributed by atoms with van der Waals surface area (Å²) < 4.78 is 32.3. The van der Waals surface area contributed by atoms with Crippen molar-refractivity contribution in [3.8, 4) is 11.6 Å². The lowest BCUT2D eigenvalue weighted by molar-refractivity contribution is 0.0941. The Bertz CT molecular complexity index is 967. The predicted molar refractivity (Wildman–Crippen MR) is 98.7 cm³/mol. The summed E-state index contributed by atoms with van der Waals surface area (Å²) in [4.78, 5) is 20.3. The number of amides is 1. The van der Waals surface area contributed by atoms with Crippen LogP contribution >= 0.6 is 0 Å². The Morgan fingerprint density at radius 2 is 1.83 bits per heavy atom. The van der Waals surface area contributed by atoms with Crippen LogP contribution < -0.4 is 5.32 Å². The first kappa shape index (κ1) is 19.1. The summed E-state index contributed by atoms with van der Waals surface area (Å²) in [6, 6.07) is 2.80. The van der Waals surface area contributed by atoms with E-state index < -0.39 is 17.5 Å². The van der Waals surface area contributed by atoms with Crippen molar-refractivity contribution in [2.75, 3.05) is 6.54 Å². The van der Waals surface area contributed by atoms with E-state index in [2.05, 4.69) is 25.5 Å². The second-order valence-electron chi connectivity index (χ2n) is 7.12. The molecule has 0 saturated heterocycles. The number of aromatic nitrogens is 4. The highest BCUT2D eigenvalue weighted by atomic mass is 19.1. The lowest BCUT2D eigenvalue weighted by Gasteiger charge is -2.26. The molecule has 0 spiro atoms. The number of carbonyl (C=O) groups excluding carboxylic acids is 1. The highest BCUT2D eigenvalue weighted by Gasteiger charge is 2.27. The monoisotopic (exact) mass is 399 g/mol. The van der Waals surface area contributed by atoms with E-state index in [0.29, 0.717) is 24.0 Å². The van der Waals surface area contributed by atoms with Crippen LogP contribution in [-0.4, -0.2) is 32.6 Å². The zero-order chi connectivity index (χ0) is 20.2. The van der Waals surface area contributed by atoms with E-state index in [-0.39, 0.29) is 17.4 Å². The van der Waals surface area contributed by atoms with E-state index in [0.717, 1.165) is 43.9 Å². The van der Waals surface area contributed by atoms with Gasteiger partial charge in [-0.2, -0.15) is 0 Å². The van der Waals surface area contributed by atoms with Crippen molar-refractivity contribution in [1.82, 2.24) is 25.5 Å². The Morgan fingerprint density at radius 3 is 2.52 bits per heavy atom. The van der Waals surface area contributed by atoms with Crippen molar-refractivity contribution < 1.29 is 18.0 Å². The fraction of sp³-hybridized carbons (Fsp3) is 0.350. The summed E-state index contributed by atoms with van der Waals surface area (Å²) in [6.07, 6.45) is 8.19. The molecule has 1 aliphatic carbocycles. The van der Waals surface area contributed by atoms with Crippen LogP contribution in [0.3, 0.4) is 0 Å². The molecule has 4 rings (SSSR count). The zero-order valence-corrected chi connectivity index (χ0v) is 15.5. The van der Waals surface area contributed by atoms with Crippen LogP contribution in [0.4, 0.5) is 8.78 Å². The van der Waals surface area contributed by atoms with E-state index in [4.69, 9.17) is 4.42 Å². The van der Waals surface area contributed by atoms with Crippen LogP contribution in [0.2, 0.25) is 0 Å². The smallest absolute Gasteiger partial charge is 0.267 e. The van der Waals surface area contributed by atoms with Crippen molar-refractivity contribution in [1.29, 1.82) is 0 Å². The van der Waals surface area contributed by atoms with Gasteiger partial charge in [0.25, 0.3) is 11.8 Å². The number of hydrogen-bond donors (Lipinski definition) is 1. The fourth-order valence-corrected chi connectivity index (χ4v) is 3.55. The van der Waals surface area contributed by atoms with Crippen molar-refractivity contribution in [2.45, 2.75) is 31.6 Å². The number of rotatable bonds is 5. The molecule has 0 atom stereocenters. The van der Waals surface area contributed by atoms with Crippen LogP contribution in [0.5, 0.6) is 0 Å². The second kappa shape index (κ2) is 8.42. The highest BCUT2D eigenvalue weighted by molar-refractivity contribution is 5.94. The Labute approximate surface area is 165 Å². The van der Waals surface area contributed by atoms with Gasteiger partial charge in [-0.1, -0.05) is 0 Å². The van der Waals surface area contributed by atoms with Gasteiger partial charge in [0.05, 0.1) is 6.20 Å². The standard InChI is InChI=1S/C20H19F2N5O2/c21-15-7-14(8-16(22)9-15)18(28)25-10-12-1-3-13(4-2-12)19-26-27-20(29-19)17-11-23-5-6-24-17/h5-9,11-13H,1-4,10H2,(H,25,28). The molecule has 0 aliphatic heterocycles. The molecule has 1 aliphatic rings. The molecule has 7 nitrogen and oxygen atoms in total. The van der Waals surface area contributed by atoms with E-state index >= 15 is 0 Å². The van der Waals surface area contributed by atoms with Gasteiger partial charge in [-0.05, 0) is 43.7 Å². The normalized spacial score (nSPS) is 19.1. The van der Waals surface area contributed by atoms with E-state index in [9.17, 15) is 13.6 Å². The number of hydrogen-bond acceptors (Lipinski definition) is 6. The van der Waals surface area contributed by atoms with Gasteiger partial charge in [-0.15, -0.1) is 10.2 Å². The molecular weight excluding hydrogens is 380 g/mol. The maximum atomic E-state index is 13.3. The average molecular weight is 399 g/mol. The maximum absolute atomic E-state index is 13.3. The largest absolute Gasteiger partial charge is 0.419 e. The minimum Gasteiger partial charge on any atom is -0.419 e. The lowest BCUT2D eigenvalue weighted by Crippen LogP contribution is -2.31. The van der Waals surface area contributed by atoms with Crippen LogP contribution in [0.15, 0.2) is 41.2 Å². The Balaban J connectivity index is 1.29. The summed E-state index contributed by atoms with van der Waals surface area (Å²) in [6.45, 7) is 0.457. The Hall–Kier alpha value is -3.23. The van der Waals surface area contributed by atoms with Gasteiger partial charge in [-0.3, -0.25) is 9.78 Å². The quantitative estimate of drug-likeness (QED) is 0.706. The topological polar surface area (TPSA) is 93.8 Å². The molecule has 150 valence electrons. The minimum absolute atomic E-state index is 0.0152. The molecule has 1 N–H and O–H groups in total. The number of nitrogens with one attached hydrogen (secondary N) is 1. The number of carbonyl (C=O) groups is 1. The van der Waals surface area contributed by atoms with Crippen molar-refractivity contribution in [3.05, 3.63) is 59.9 Å². The molecular formula is C20H19F2N5O2. The van der Waals surface area contributed by atoms with E-state index in [1.165, 1.54) is 0 Å². The zero-order valence-electron chi connectivity index (χ0n) is 15.5. The molecule has 1 aromatic carbocycles. The third-order valence-electron chi connectivity index (χ3n) is 5.09. The second-order valence-corrected chi connectivity index (χ2v) is 7.12. The molecule has 0 bridgehead atoms. The van der Waals surface area contributed by atoms with Gasteiger partial charge in [0.1, 0.15) is 17.3 Å². The third-order valence-corrected chi connectivity index (χ3v) is 5.09. The van der Waals surface area contributed by atoms with Gasteiger partial charge in [0.15, 0.2) is 0 Å². The Kier molecular flexibility index (Phi) is 5.55. The molecule has 9 heteroatoms. The van der Waals surface area contributed by atoms with Gasteiger partial charge in [0.2, 0.25) is 5.89 Å². The van der Waals surface area contributed by atoms with Crippen LogP contribution in [0.25, 0.3) is 11.6 Å². The summed E-state index contributed by atoms with van der Waals surface area (Å²) >= 11 is 0. The molecule has 29 heavy (non-hydrogen) atoms. The van der Waals surface area contributed by atoms with Crippen molar-refractivity contribution >= 4 is 5.91 Å². The molecule has 1 saturated carbocycles. The number of halogens is 2. The molecule has 2 aromatic heterocycles. The molecule has 3 aromatic rings. The number of benzene rings is 1. The minimum atomic E-state index is -0.768. The molecule has 0 unspecified atom stereocenters. The van der Waals surface area contributed by atoms with Gasteiger partial charge in [0, 0.05) is 36.5 Å². The summed E-state index contributed by atoms with van der Waals surface area (Å²) in [5.74, 6) is -0.621. The molecule has 1 fully saturated rings. The summed E-state index contributed by atoms with van der Waals surface area (Å²) in [7, 11) is 0. The Morgan fingerprint density at radius 1 is 1.07 bits per heavy atom. The van der Waals surface area contributed by atoms with Gasteiger partial charge >= 0.3 is 0 Å². The summed E-state index contributed by atoms with van der Waals surface area (Å²) in [5, 5.41) is 11.0. The first-order chi connectivity index (χ1) is 14.1. The van der Waals surface area contributed by atoms with Gasteiger partial charge in [-0.25, -0.2) is 13.8 Å². The van der Waals surface area contributed by atoms with Crippen molar-refractivity contribution in [2.24, 2.45) is 5.92 Å². The summed E-state index contributed by atoms with van der Waals surface area (Å²) in [5.41, 5.74) is 0.523. The molecule has 2 heterocycles. The average Bonchev–Trinajstić information content (AvgIpc) is 3.22. The SMILES string of the molecule is O=C(NCC1CCC(c2nnc(-c3cnccn3)o2)CC1)c1cc(F)cc(F)c1. The van der Waals surface area contributed by atoms with Crippen LogP contribution in [-0.2, 0) is 0 Å². The molecule has 1 amide bonds. The van der Waals surface area contributed by atoms with Crippen molar-refractivity contribution in [3.63, 3.8) is 0 Å². The number of nitrogens with zero attached hydrogens (tertiary/aromatic N) is 4. The lowest BCUT2D eigenvalue weighted by atomic mass is 9.82. The predicted octanol–water partition coefficient (Wildman–Crippen LogP) is 3.51. The van der Waals surface area contributed by atoms with Crippen LogP contribution in [0.1, 0.15) is 47.8 Å². The van der Waals surface area contributed by atoms with E-state index in [1.54, 1.807) is 18.6 Å². The molecule has 0 radical (unpaired) electrons. The fourth-order valence-electron chi connectivity index (χ4n) is 3.55. The van der Waals surface area contributed by atoms with E-state index in [1.807, 2.05) is 0 Å². The van der Waals surface area contributed by atoms with Gasteiger partial charge < -0.3 is 9.73 Å². The highest BCUT2D eigenvalue weighted by Crippen LogP contribution is 2.35. The third kappa shape index (κ3) is 4.61. The maximum Gasteiger partial charge on any atom is 0.267 e.